The second kappa shape index (κ2) is 27.1. The Labute approximate surface area is 138 Å². The fraction of sp³-hybridized carbons (Fsp3) is 1.00. The maximum Gasteiger partial charge on any atom is 1.00 e. The first-order valence-corrected chi connectivity index (χ1v) is 8.12. The number of rotatable bonds is 12. The quantitative estimate of drug-likeness (QED) is 0.270. The van der Waals surface area contributed by atoms with E-state index >= 15 is 0 Å². The van der Waals surface area contributed by atoms with Crippen LogP contribution in [0.25, 0.3) is 11.5 Å². The van der Waals surface area contributed by atoms with Crippen molar-refractivity contribution in [2.75, 3.05) is 13.1 Å². The van der Waals surface area contributed by atoms with E-state index in [4.69, 9.17) is 11.5 Å². The summed E-state index contributed by atoms with van der Waals surface area (Å²) in [5.74, 6) is 0. The summed E-state index contributed by atoms with van der Waals surface area (Å²) in [6.07, 6.45) is 15.5. The summed E-state index contributed by atoms with van der Waals surface area (Å²) >= 11 is 0. The number of nitrogens with one attached hydrogen (secondary N) is 2. The van der Waals surface area contributed by atoms with Crippen molar-refractivity contribution < 1.29 is 22.4 Å². The zero-order valence-corrected chi connectivity index (χ0v) is 14.7. The van der Waals surface area contributed by atoms with E-state index < -0.39 is 0 Å². The van der Waals surface area contributed by atoms with Gasteiger partial charge in [-0.2, -0.15) is 13.1 Å². The Morgan fingerprint density at radius 1 is 0.474 bits per heavy atom. The summed E-state index contributed by atoms with van der Waals surface area (Å²) in [6, 6.07) is 0. The molecule has 19 heavy (non-hydrogen) atoms. The molecule has 0 amide bonds. The second-order valence-corrected chi connectivity index (χ2v) is 5.04. The van der Waals surface area contributed by atoms with E-state index in [-0.39, 0.29) is 22.4 Å². The fourth-order valence-corrected chi connectivity index (χ4v) is 1.81. The van der Waals surface area contributed by atoms with E-state index in [9.17, 15) is 0 Å². The van der Waals surface area contributed by atoms with Gasteiger partial charge in [0.2, 0.25) is 0 Å². The molecule has 0 unspecified atom stereocenters. The summed E-state index contributed by atoms with van der Waals surface area (Å²) in [5, 5.41) is 0. The predicted molar refractivity (Wildman–Crippen MR) is 85.1 cm³/mol. The normalized spacial score (nSPS) is 9.47. The molecule has 0 aliphatic rings. The van der Waals surface area contributed by atoms with Crippen molar-refractivity contribution >= 4 is 0 Å². The van der Waals surface area contributed by atoms with Gasteiger partial charge in [0.1, 0.15) is 0 Å². The first-order chi connectivity index (χ1) is 8.83. The maximum atomic E-state index is 6.88. The molecule has 3 heteroatoms. The average molecular weight is 364 g/mol. The number of hydrogen-bond acceptors (Lipinski definition) is 0. The molecule has 0 aromatic carbocycles. The smallest absolute Gasteiger partial charge is 0.677 e. The molecule has 0 rings (SSSR count). The maximum absolute atomic E-state index is 6.88. The van der Waals surface area contributed by atoms with Crippen LogP contribution in [0.1, 0.15) is 90.9 Å². The third-order valence-corrected chi connectivity index (χ3v) is 3.06. The Morgan fingerprint density at radius 2 is 0.737 bits per heavy atom. The molecule has 0 saturated heterocycles. The fourth-order valence-electron chi connectivity index (χ4n) is 1.81. The first kappa shape index (κ1) is 24.7. The second-order valence-electron chi connectivity index (χ2n) is 5.04. The van der Waals surface area contributed by atoms with Crippen molar-refractivity contribution in [1.29, 1.82) is 0 Å². The van der Waals surface area contributed by atoms with Crippen LogP contribution in [0.4, 0.5) is 0 Å². The molecule has 2 N–H and O–H groups in total. The van der Waals surface area contributed by atoms with Crippen molar-refractivity contribution in [2.45, 2.75) is 90.9 Å². The molecule has 0 saturated carbocycles. The van der Waals surface area contributed by atoms with E-state index in [0.717, 1.165) is 12.8 Å². The summed E-state index contributed by atoms with van der Waals surface area (Å²) in [5.41, 5.74) is 13.8. The van der Waals surface area contributed by atoms with Crippen molar-refractivity contribution in [2.24, 2.45) is 0 Å². The Kier molecular flexibility index (Phi) is 35.2. The molecule has 2 nitrogen and oxygen atoms in total. The number of hydrogen-bond donors (Lipinski definition) is 0. The molecular weight excluding hydrogens is 328 g/mol. The molecule has 0 heterocycles. The molecular formula is C16H36AgN2-. The zero-order valence-electron chi connectivity index (χ0n) is 13.2. The van der Waals surface area contributed by atoms with Gasteiger partial charge in [-0.1, -0.05) is 90.9 Å². The molecule has 0 aliphatic carbocycles. The molecule has 0 atom stereocenters. The third kappa shape index (κ3) is 32.3. The van der Waals surface area contributed by atoms with E-state index in [1.807, 2.05) is 0 Å². The largest absolute Gasteiger partial charge is 1.00 e. The van der Waals surface area contributed by atoms with Gasteiger partial charge >= 0.3 is 22.4 Å². The van der Waals surface area contributed by atoms with Gasteiger partial charge in [0.25, 0.3) is 0 Å². The monoisotopic (exact) mass is 363 g/mol. The topological polar surface area (TPSA) is 47.6 Å². The Morgan fingerprint density at radius 3 is 1.00 bits per heavy atom. The van der Waals surface area contributed by atoms with Gasteiger partial charge in [-0.05, 0) is 0 Å². The van der Waals surface area contributed by atoms with Crippen molar-refractivity contribution in [3.8, 4) is 0 Å². The zero-order chi connectivity index (χ0) is 13.9. The molecule has 122 valence electrons. The van der Waals surface area contributed by atoms with Crippen LogP contribution in [0.3, 0.4) is 0 Å². The standard InChI is InChI=1S/2C8H18N.Ag/c2*1-2-3-4-5-6-7-8-9;/h2*9H,2-8H2,1H3;/q2*-1;+1. The minimum Gasteiger partial charge on any atom is -0.677 e. The Bertz CT molecular complexity index is 95.3. The Hall–Kier alpha value is 0.660. The van der Waals surface area contributed by atoms with Crippen LogP contribution in [-0.2, 0) is 22.4 Å². The molecule has 0 aromatic rings. The molecule has 0 aromatic heterocycles. The van der Waals surface area contributed by atoms with Gasteiger partial charge in [-0.3, -0.25) is 0 Å². The van der Waals surface area contributed by atoms with Crippen LogP contribution in [0, 0.1) is 0 Å². The SMILES string of the molecule is CCCCCCCC[NH-].CCCCCCCC[NH-].[Ag+]. The van der Waals surface area contributed by atoms with Crippen LogP contribution >= 0.6 is 0 Å². The molecule has 0 bridgehead atoms. The minimum absolute atomic E-state index is 0. The Balaban J connectivity index is -0.000000256. The third-order valence-electron chi connectivity index (χ3n) is 3.06. The van der Waals surface area contributed by atoms with Gasteiger partial charge in [-0.25, -0.2) is 0 Å². The number of unbranched alkanes of at least 4 members (excludes halogenated alkanes) is 10. The summed E-state index contributed by atoms with van der Waals surface area (Å²) in [4.78, 5) is 0. The van der Waals surface area contributed by atoms with Crippen LogP contribution in [0.5, 0.6) is 0 Å². The van der Waals surface area contributed by atoms with Crippen LogP contribution in [0.2, 0.25) is 0 Å². The minimum atomic E-state index is 0. The van der Waals surface area contributed by atoms with E-state index in [0.29, 0.717) is 13.1 Å². The molecule has 0 aliphatic heterocycles. The van der Waals surface area contributed by atoms with Gasteiger partial charge < -0.3 is 11.5 Å². The van der Waals surface area contributed by atoms with Crippen LogP contribution < -0.4 is 0 Å². The van der Waals surface area contributed by atoms with Gasteiger partial charge in [0.05, 0.1) is 0 Å². The van der Waals surface area contributed by atoms with Gasteiger partial charge in [0.15, 0.2) is 0 Å². The van der Waals surface area contributed by atoms with Crippen molar-refractivity contribution in [3.05, 3.63) is 11.5 Å². The molecule has 0 fully saturated rings. The van der Waals surface area contributed by atoms with E-state index in [1.165, 1.54) is 64.2 Å². The van der Waals surface area contributed by atoms with Crippen molar-refractivity contribution in [3.63, 3.8) is 0 Å². The van der Waals surface area contributed by atoms with E-state index in [1.54, 1.807) is 0 Å². The van der Waals surface area contributed by atoms with Gasteiger partial charge in [0, 0.05) is 0 Å². The molecule has 0 spiro atoms. The average Bonchev–Trinajstić information content (AvgIpc) is 2.39. The van der Waals surface area contributed by atoms with E-state index in [2.05, 4.69) is 13.8 Å². The first-order valence-electron chi connectivity index (χ1n) is 8.12. The van der Waals surface area contributed by atoms with Crippen molar-refractivity contribution in [1.82, 2.24) is 0 Å². The van der Waals surface area contributed by atoms with Crippen LogP contribution in [-0.4, -0.2) is 13.1 Å². The van der Waals surface area contributed by atoms with Gasteiger partial charge in [-0.15, -0.1) is 0 Å². The summed E-state index contributed by atoms with van der Waals surface area (Å²) < 4.78 is 0. The summed E-state index contributed by atoms with van der Waals surface area (Å²) in [6.45, 7) is 5.69. The predicted octanol–water partition coefficient (Wildman–Crippen LogP) is 6.80. The van der Waals surface area contributed by atoms with Crippen LogP contribution in [0.15, 0.2) is 0 Å². The molecule has 0 radical (unpaired) electrons. The summed E-state index contributed by atoms with van der Waals surface area (Å²) in [7, 11) is 0.